The van der Waals surface area contributed by atoms with E-state index in [1.165, 1.54) is 10.8 Å². The molecular weight excluding hydrogens is 104 g/mol. The van der Waals surface area contributed by atoms with E-state index in [1.54, 1.807) is 12.3 Å². The predicted octanol–water partition coefficient (Wildman–Crippen LogP) is -0.117. The SMILES string of the molecule is [CH2-]n1cccnc1=O. The number of hydrogen-bond donors (Lipinski definition) is 0. The van der Waals surface area contributed by atoms with Gasteiger partial charge in [-0.1, -0.05) is 12.3 Å². The van der Waals surface area contributed by atoms with Crippen molar-refractivity contribution in [2.45, 2.75) is 0 Å². The molecule has 0 atom stereocenters. The third kappa shape index (κ3) is 0.703. The molecule has 0 aliphatic heterocycles. The van der Waals surface area contributed by atoms with Gasteiger partial charge in [-0.25, -0.2) is 0 Å². The summed E-state index contributed by atoms with van der Waals surface area (Å²) in [6.07, 6.45) is 2.99. The van der Waals surface area contributed by atoms with Crippen LogP contribution in [-0.4, -0.2) is 9.55 Å². The summed E-state index contributed by atoms with van der Waals surface area (Å²) >= 11 is 0. The first kappa shape index (κ1) is 4.90. The van der Waals surface area contributed by atoms with Crippen LogP contribution < -0.4 is 5.69 Å². The highest BCUT2D eigenvalue weighted by Gasteiger charge is 1.71. The fourth-order valence-electron chi connectivity index (χ4n) is 0.387. The van der Waals surface area contributed by atoms with Crippen LogP contribution in [0.25, 0.3) is 0 Å². The van der Waals surface area contributed by atoms with Crippen molar-refractivity contribution in [3.63, 3.8) is 0 Å². The molecule has 0 unspecified atom stereocenters. The summed E-state index contributed by atoms with van der Waals surface area (Å²) in [6.45, 7) is 0. The van der Waals surface area contributed by atoms with E-state index in [-0.39, 0.29) is 5.69 Å². The predicted molar refractivity (Wildman–Crippen MR) is 29.3 cm³/mol. The zero-order chi connectivity index (χ0) is 5.98. The van der Waals surface area contributed by atoms with Crippen molar-refractivity contribution in [3.8, 4) is 0 Å². The summed E-state index contributed by atoms with van der Waals surface area (Å²) in [5, 5.41) is 0. The highest BCUT2D eigenvalue weighted by Crippen LogP contribution is 1.69. The Labute approximate surface area is 46.6 Å². The second kappa shape index (κ2) is 1.69. The summed E-state index contributed by atoms with van der Waals surface area (Å²) in [7, 11) is 3.36. The molecule has 0 aromatic carbocycles. The van der Waals surface area contributed by atoms with Gasteiger partial charge in [0, 0.05) is 6.20 Å². The van der Waals surface area contributed by atoms with E-state index in [4.69, 9.17) is 0 Å². The van der Waals surface area contributed by atoms with Crippen LogP contribution in [0.1, 0.15) is 0 Å². The Hall–Kier alpha value is -1.25. The minimum absolute atomic E-state index is 0.326. The van der Waals surface area contributed by atoms with Crippen molar-refractivity contribution >= 4 is 0 Å². The topological polar surface area (TPSA) is 34.9 Å². The van der Waals surface area contributed by atoms with E-state index < -0.39 is 0 Å². The zero-order valence-corrected chi connectivity index (χ0v) is 4.24. The van der Waals surface area contributed by atoms with Gasteiger partial charge in [-0.3, -0.25) is 4.98 Å². The lowest BCUT2D eigenvalue weighted by Crippen LogP contribution is -2.15. The van der Waals surface area contributed by atoms with Gasteiger partial charge >= 0.3 is 0 Å². The van der Waals surface area contributed by atoms with Gasteiger partial charge in [-0.2, -0.15) is 0 Å². The first-order valence-corrected chi connectivity index (χ1v) is 2.15. The first-order chi connectivity index (χ1) is 3.80. The number of rotatable bonds is 0. The number of aromatic nitrogens is 2. The maximum atomic E-state index is 10.4. The van der Waals surface area contributed by atoms with Gasteiger partial charge in [-0.15, -0.1) is 7.05 Å². The van der Waals surface area contributed by atoms with Crippen LogP contribution in [0.5, 0.6) is 0 Å². The second-order valence-electron chi connectivity index (χ2n) is 1.37. The molecule has 0 aliphatic carbocycles. The van der Waals surface area contributed by atoms with E-state index in [2.05, 4.69) is 12.0 Å². The molecule has 1 aromatic rings. The van der Waals surface area contributed by atoms with Crippen LogP contribution in [-0.2, 0) is 0 Å². The minimum Gasteiger partial charge on any atom is -0.439 e. The number of nitrogens with zero attached hydrogens (tertiary/aromatic N) is 2. The highest BCUT2D eigenvalue weighted by atomic mass is 16.1. The van der Waals surface area contributed by atoms with Crippen LogP contribution in [0.4, 0.5) is 0 Å². The maximum absolute atomic E-state index is 10.4. The molecule has 0 spiro atoms. The molecule has 0 N–H and O–H groups in total. The lowest BCUT2D eigenvalue weighted by Gasteiger charge is -1.99. The average molecular weight is 109 g/mol. The maximum Gasteiger partial charge on any atom is 0.235 e. The Morgan fingerprint density at radius 3 is 2.88 bits per heavy atom. The highest BCUT2D eigenvalue weighted by molar-refractivity contribution is 4.81. The second-order valence-corrected chi connectivity index (χ2v) is 1.37. The van der Waals surface area contributed by atoms with Gasteiger partial charge in [0.05, 0.1) is 0 Å². The standard InChI is InChI=1S/C5H5N2O/c1-7-4-2-3-6-5(7)8/h2-4H,1H2/q-1. The monoisotopic (exact) mass is 109 g/mol. The number of hydrogen-bond acceptors (Lipinski definition) is 2. The molecule has 0 aliphatic rings. The lowest BCUT2D eigenvalue weighted by molar-refractivity contribution is 0.912. The lowest BCUT2D eigenvalue weighted by atomic mass is 10.7. The minimum atomic E-state index is -0.326. The summed E-state index contributed by atoms with van der Waals surface area (Å²) < 4.78 is 1.17. The van der Waals surface area contributed by atoms with Crippen molar-refractivity contribution in [2.24, 2.45) is 0 Å². The Kier molecular flexibility index (Phi) is 1.04. The molecule has 0 bridgehead atoms. The first-order valence-electron chi connectivity index (χ1n) is 2.15. The summed E-state index contributed by atoms with van der Waals surface area (Å²) in [5.41, 5.74) is -0.326. The zero-order valence-electron chi connectivity index (χ0n) is 4.24. The van der Waals surface area contributed by atoms with Crippen LogP contribution in [0, 0.1) is 7.05 Å². The van der Waals surface area contributed by atoms with Crippen LogP contribution >= 0.6 is 0 Å². The van der Waals surface area contributed by atoms with Crippen molar-refractivity contribution < 1.29 is 0 Å². The molecule has 1 heterocycles. The molecule has 0 saturated heterocycles. The summed E-state index contributed by atoms with van der Waals surface area (Å²) in [5.74, 6) is 0. The van der Waals surface area contributed by atoms with E-state index in [9.17, 15) is 4.79 Å². The quantitative estimate of drug-likeness (QED) is 0.435. The molecular formula is C5H5N2O-. The molecule has 8 heavy (non-hydrogen) atoms. The Morgan fingerprint density at radius 2 is 2.50 bits per heavy atom. The van der Waals surface area contributed by atoms with E-state index in [0.29, 0.717) is 0 Å². The van der Waals surface area contributed by atoms with Gasteiger partial charge in [0.15, 0.2) is 0 Å². The van der Waals surface area contributed by atoms with Crippen LogP contribution in [0.15, 0.2) is 23.3 Å². The summed E-state index contributed by atoms with van der Waals surface area (Å²) in [6, 6.07) is 1.65. The van der Waals surface area contributed by atoms with E-state index in [1.807, 2.05) is 0 Å². The van der Waals surface area contributed by atoms with Gasteiger partial charge in [0.2, 0.25) is 5.69 Å². The molecule has 1 rings (SSSR count). The molecule has 0 radical (unpaired) electrons. The normalized spacial score (nSPS) is 9.00. The fourth-order valence-corrected chi connectivity index (χ4v) is 0.387. The third-order valence-corrected chi connectivity index (χ3v) is 0.783. The molecule has 0 fully saturated rings. The van der Waals surface area contributed by atoms with Crippen LogP contribution in [0.2, 0.25) is 0 Å². The third-order valence-electron chi connectivity index (χ3n) is 0.783. The van der Waals surface area contributed by atoms with Crippen molar-refractivity contribution in [3.05, 3.63) is 36.0 Å². The van der Waals surface area contributed by atoms with Gasteiger partial charge in [-0.05, 0) is 0 Å². The average Bonchev–Trinajstić information content (AvgIpc) is 1.77. The van der Waals surface area contributed by atoms with E-state index >= 15 is 0 Å². The van der Waals surface area contributed by atoms with Gasteiger partial charge in [0.25, 0.3) is 0 Å². The molecule has 3 nitrogen and oxygen atoms in total. The Bertz CT molecular complexity index is 228. The molecule has 0 saturated carbocycles. The van der Waals surface area contributed by atoms with E-state index in [0.717, 1.165) is 0 Å². The molecule has 1 aromatic heterocycles. The van der Waals surface area contributed by atoms with Gasteiger partial charge < -0.3 is 9.36 Å². The van der Waals surface area contributed by atoms with Crippen molar-refractivity contribution in [1.82, 2.24) is 9.55 Å². The van der Waals surface area contributed by atoms with Gasteiger partial charge in [0.1, 0.15) is 0 Å². The Balaban J connectivity index is 3.35. The summed E-state index contributed by atoms with van der Waals surface area (Å²) in [4.78, 5) is 13.8. The fraction of sp³-hybridized carbons (Fsp3) is 0. The molecule has 0 amide bonds. The largest absolute Gasteiger partial charge is 0.439 e. The Morgan fingerprint density at radius 1 is 1.75 bits per heavy atom. The van der Waals surface area contributed by atoms with Crippen molar-refractivity contribution in [2.75, 3.05) is 0 Å². The molecule has 3 heteroatoms. The molecule has 42 valence electrons. The smallest absolute Gasteiger partial charge is 0.235 e. The van der Waals surface area contributed by atoms with Crippen LogP contribution in [0.3, 0.4) is 0 Å². The van der Waals surface area contributed by atoms with Crippen molar-refractivity contribution in [1.29, 1.82) is 0 Å².